The number of carbonyl (C=O) groups is 2. The van der Waals surface area contributed by atoms with Gasteiger partial charge in [-0.05, 0) is 77.0 Å². The van der Waals surface area contributed by atoms with Crippen molar-refractivity contribution in [1.82, 2.24) is 0 Å². The number of hydrogen-bond donors (Lipinski definition) is 2. The van der Waals surface area contributed by atoms with Gasteiger partial charge in [0.2, 0.25) is 0 Å². The molecule has 0 amide bonds. The molecule has 8 heteroatoms. The first-order valence-electron chi connectivity index (χ1n) is 17.4. The maximum absolute atomic E-state index is 10.2. The molecule has 0 aromatic heterocycles. The predicted octanol–water partition coefficient (Wildman–Crippen LogP) is 7.48. The number of hydrogen-bond acceptors (Lipinski definition) is 6. The molecule has 2 atom stereocenters. The van der Waals surface area contributed by atoms with E-state index < -0.39 is 11.9 Å². The maximum Gasteiger partial charge on any atom is 2.00 e. The molecule has 0 saturated carbocycles. The summed E-state index contributed by atoms with van der Waals surface area (Å²) in [5, 5.41) is 40.0. The molecule has 248 valence electrons. The molecule has 0 rings (SSSR count). The smallest absolute Gasteiger partial charge is 0.550 e. The third-order valence-electron chi connectivity index (χ3n) is 7.43. The van der Waals surface area contributed by atoms with Crippen molar-refractivity contribution in [3.8, 4) is 0 Å². The van der Waals surface area contributed by atoms with Crippen molar-refractivity contribution in [2.75, 3.05) is 0 Å². The Morgan fingerprint density at radius 3 is 1.16 bits per heavy atom. The van der Waals surface area contributed by atoms with Gasteiger partial charge in [0, 0.05) is 11.9 Å². The Balaban J connectivity index is -0.000000348. The van der Waals surface area contributed by atoms with Crippen LogP contribution in [0, 0.1) is 0 Å². The second-order valence-corrected chi connectivity index (χ2v) is 11.8. The minimum Gasteiger partial charge on any atom is -0.550 e. The average Bonchev–Trinajstić information content (AvgIpc) is 2.95. The van der Waals surface area contributed by atoms with Gasteiger partial charge in [0.05, 0.1) is 12.2 Å². The van der Waals surface area contributed by atoms with Crippen LogP contribution in [-0.4, -0.2) is 34.4 Å². The first-order valence-corrected chi connectivity index (χ1v) is 17.4. The zero-order valence-electron chi connectivity index (χ0n) is 28.8. The number of carbonyl (C=O) groups excluding carboxylic acids is 2. The number of allylic oxidation sites excluding steroid dienone is 2. The van der Waals surface area contributed by atoms with Crippen molar-refractivity contribution >= 4 is 11.9 Å². The average molecular weight is 726 g/mol. The molecule has 0 saturated heterocycles. The molecule has 0 aliphatic rings. The van der Waals surface area contributed by atoms with E-state index in [0.717, 1.165) is 116 Å². The van der Waals surface area contributed by atoms with Gasteiger partial charge in [-0.3, -0.25) is 0 Å². The Morgan fingerprint density at radius 2 is 0.818 bits per heavy atom. The number of rotatable bonds is 30. The quantitative estimate of drug-likeness (QED) is 0.0450. The van der Waals surface area contributed by atoms with Crippen molar-refractivity contribution in [2.45, 2.75) is 193 Å². The van der Waals surface area contributed by atoms with Gasteiger partial charge in [-0.1, -0.05) is 128 Å². The SMILES string of the molecule is CCCCCC[C@@H](O)C/C=C\CCCCCCCC(=O)[O-].CCCCCC[C@@H](O)C/C=C\CCCCCCCC(=O)[O-].[Zn+2].[Zn+2]. The van der Waals surface area contributed by atoms with Crippen LogP contribution >= 0.6 is 0 Å². The summed E-state index contributed by atoms with van der Waals surface area (Å²) in [6.45, 7) is 4.39. The third-order valence-corrected chi connectivity index (χ3v) is 7.43. The van der Waals surface area contributed by atoms with Crippen LogP contribution in [0.4, 0.5) is 0 Å². The van der Waals surface area contributed by atoms with E-state index in [9.17, 15) is 30.0 Å². The molecule has 0 aliphatic heterocycles. The van der Waals surface area contributed by atoms with E-state index in [2.05, 4.69) is 38.2 Å². The fraction of sp³-hybridized carbons (Fsp3) is 0.833. The van der Waals surface area contributed by atoms with Gasteiger partial charge in [0.25, 0.3) is 0 Å². The normalized spacial score (nSPS) is 12.3. The zero-order chi connectivity index (χ0) is 31.5. The number of aliphatic carboxylic acids is 2. The van der Waals surface area contributed by atoms with Crippen LogP contribution in [0.1, 0.15) is 181 Å². The molecule has 2 N–H and O–H groups in total. The number of aliphatic hydroxyl groups excluding tert-OH is 2. The summed E-state index contributed by atoms with van der Waals surface area (Å²) in [7, 11) is 0. The van der Waals surface area contributed by atoms with Crippen LogP contribution < -0.4 is 10.2 Å². The Morgan fingerprint density at radius 1 is 0.500 bits per heavy atom. The van der Waals surface area contributed by atoms with E-state index in [0.29, 0.717) is 0 Å². The summed E-state index contributed by atoms with van der Waals surface area (Å²) in [5.41, 5.74) is 0. The molecule has 6 nitrogen and oxygen atoms in total. The van der Waals surface area contributed by atoms with Crippen LogP contribution in [0.15, 0.2) is 24.3 Å². The summed E-state index contributed by atoms with van der Waals surface area (Å²) < 4.78 is 0. The second kappa shape index (κ2) is 42.6. The van der Waals surface area contributed by atoms with E-state index in [1.54, 1.807) is 0 Å². The van der Waals surface area contributed by atoms with E-state index in [1.807, 2.05) is 0 Å². The number of unbranched alkanes of at least 4 members (excludes halogenated alkanes) is 16. The minimum absolute atomic E-state index is 0. The molecule has 0 bridgehead atoms. The molecule has 0 aliphatic carbocycles. The predicted molar refractivity (Wildman–Crippen MR) is 172 cm³/mol. The molecular formula is C36H66O6Zn2+2. The first kappa shape index (κ1) is 50.4. The van der Waals surface area contributed by atoms with E-state index in [1.165, 1.54) is 38.5 Å². The van der Waals surface area contributed by atoms with Crippen LogP contribution in [0.3, 0.4) is 0 Å². The van der Waals surface area contributed by atoms with Gasteiger partial charge in [-0.15, -0.1) is 0 Å². The van der Waals surface area contributed by atoms with Crippen molar-refractivity contribution in [1.29, 1.82) is 0 Å². The summed E-state index contributed by atoms with van der Waals surface area (Å²) in [6, 6.07) is 0. The second-order valence-electron chi connectivity index (χ2n) is 11.8. The van der Waals surface area contributed by atoms with E-state index in [4.69, 9.17) is 0 Å². The molecule has 0 radical (unpaired) electrons. The van der Waals surface area contributed by atoms with E-state index in [-0.39, 0.29) is 64.0 Å². The molecule has 0 spiro atoms. The van der Waals surface area contributed by atoms with E-state index >= 15 is 0 Å². The Bertz CT molecular complexity index is 588. The van der Waals surface area contributed by atoms with Crippen LogP contribution in [0.25, 0.3) is 0 Å². The number of aliphatic hydroxyl groups is 2. The Labute approximate surface area is 296 Å². The van der Waals surface area contributed by atoms with Gasteiger partial charge in [-0.25, -0.2) is 0 Å². The topological polar surface area (TPSA) is 121 Å². The summed E-state index contributed by atoms with van der Waals surface area (Å²) in [5.74, 6) is -1.88. The summed E-state index contributed by atoms with van der Waals surface area (Å²) in [6.07, 6.45) is 34.0. The van der Waals surface area contributed by atoms with Gasteiger partial charge < -0.3 is 30.0 Å². The van der Waals surface area contributed by atoms with Crippen molar-refractivity contribution in [2.24, 2.45) is 0 Å². The van der Waals surface area contributed by atoms with Crippen LogP contribution in [-0.2, 0) is 48.5 Å². The molecule has 0 aromatic rings. The number of carboxylic acids is 2. The Kier molecular flexibility index (Phi) is 48.8. The van der Waals surface area contributed by atoms with Gasteiger partial charge in [-0.2, -0.15) is 0 Å². The maximum atomic E-state index is 10.2. The monoisotopic (exact) mass is 722 g/mol. The molecular weight excluding hydrogens is 659 g/mol. The zero-order valence-corrected chi connectivity index (χ0v) is 34.7. The molecule has 0 aromatic carbocycles. The van der Waals surface area contributed by atoms with Crippen molar-refractivity contribution in [3.05, 3.63) is 24.3 Å². The van der Waals surface area contributed by atoms with Crippen LogP contribution in [0.5, 0.6) is 0 Å². The standard InChI is InChI=1S/2C18H34O3.2Zn/c2*1-2-3-4-11-14-17(19)15-12-9-7-5-6-8-10-13-16-18(20)21;;/h2*9,12,17,19H,2-8,10-11,13-16H2,1H3,(H,20,21);;/q;;2*+2/p-2/b2*12-9-;;/t2*17-;;/m11../s1. The molecule has 0 unspecified atom stereocenters. The van der Waals surface area contributed by atoms with Gasteiger partial charge >= 0.3 is 39.0 Å². The number of carboxylic acid groups (broad SMARTS) is 2. The largest absolute Gasteiger partial charge is 2.00 e. The fourth-order valence-electron chi connectivity index (χ4n) is 4.72. The first-order chi connectivity index (χ1) is 20.3. The molecule has 0 heterocycles. The van der Waals surface area contributed by atoms with Gasteiger partial charge in [0.1, 0.15) is 0 Å². The molecule has 44 heavy (non-hydrogen) atoms. The van der Waals surface area contributed by atoms with Crippen molar-refractivity contribution in [3.63, 3.8) is 0 Å². The third kappa shape index (κ3) is 48.5. The van der Waals surface area contributed by atoms with Crippen molar-refractivity contribution < 1.29 is 69.0 Å². The summed E-state index contributed by atoms with van der Waals surface area (Å²) >= 11 is 0. The Hall–Kier alpha value is -0.413. The summed E-state index contributed by atoms with van der Waals surface area (Å²) in [4.78, 5) is 20.4. The minimum atomic E-state index is -0.939. The molecule has 0 fully saturated rings. The van der Waals surface area contributed by atoms with Crippen LogP contribution in [0.2, 0.25) is 0 Å². The fourth-order valence-corrected chi connectivity index (χ4v) is 4.72. The van der Waals surface area contributed by atoms with Gasteiger partial charge in [0.15, 0.2) is 0 Å².